The number of nitrogens with zero attached hydrogens (tertiary/aromatic N) is 3. The van der Waals surface area contributed by atoms with Gasteiger partial charge in [0.1, 0.15) is 5.66 Å². The van der Waals surface area contributed by atoms with Crippen LogP contribution in [0.3, 0.4) is 0 Å². The summed E-state index contributed by atoms with van der Waals surface area (Å²) in [7, 11) is 0. The van der Waals surface area contributed by atoms with Gasteiger partial charge in [0.2, 0.25) is 5.71 Å². The summed E-state index contributed by atoms with van der Waals surface area (Å²) >= 11 is 0. The summed E-state index contributed by atoms with van der Waals surface area (Å²) < 4.78 is 6.42. The summed E-state index contributed by atoms with van der Waals surface area (Å²) in [5.74, 6) is 0.384. The molecule has 2 aliphatic rings. The topological polar surface area (TPSA) is 32.5 Å². The molecule has 1 aliphatic carbocycles. The van der Waals surface area contributed by atoms with E-state index in [4.69, 9.17) is 9.40 Å². The van der Waals surface area contributed by atoms with Crippen molar-refractivity contribution in [2.75, 3.05) is 4.90 Å². The quantitative estimate of drug-likeness (QED) is 0.500. The van der Waals surface area contributed by atoms with Gasteiger partial charge in [-0.15, -0.1) is 0 Å². The molecule has 1 aromatic carbocycles. The maximum atomic E-state index is 6.42. The first-order chi connectivity index (χ1) is 13.9. The number of aromatic nitrogens is 1. The Morgan fingerprint density at radius 3 is 2.48 bits per heavy atom. The van der Waals surface area contributed by atoms with Crippen LogP contribution in [0.5, 0.6) is 0 Å². The number of fused-ring (bicyclic) bond motifs is 3. The van der Waals surface area contributed by atoms with E-state index < -0.39 is 0 Å². The van der Waals surface area contributed by atoms with Gasteiger partial charge >= 0.3 is 0 Å². The standard InChI is InChI=1S/C25H31N3O/c1-16(2)21-13-12-20-19-11-10-17(3)22(23(19)29-24(20)26-21)28-15-14-27(25(28,4)5)18-8-6-7-9-18/h10-16,18H,6-9H2,1-5H3. The molecule has 0 unspecified atom stereocenters. The lowest BCUT2D eigenvalue weighted by molar-refractivity contribution is 0.152. The fourth-order valence-corrected chi connectivity index (χ4v) is 5.17. The van der Waals surface area contributed by atoms with Crippen molar-refractivity contribution >= 4 is 27.8 Å². The van der Waals surface area contributed by atoms with Crippen LogP contribution >= 0.6 is 0 Å². The van der Waals surface area contributed by atoms with E-state index in [1.807, 2.05) is 0 Å². The van der Waals surface area contributed by atoms with E-state index in [2.05, 4.69) is 81.1 Å². The highest BCUT2D eigenvalue weighted by Gasteiger charge is 2.41. The summed E-state index contributed by atoms with van der Waals surface area (Å²) in [6, 6.07) is 9.32. The van der Waals surface area contributed by atoms with Crippen LogP contribution in [0, 0.1) is 6.92 Å². The Balaban J connectivity index is 1.65. The molecular weight excluding hydrogens is 358 g/mol. The number of hydrogen-bond acceptors (Lipinski definition) is 4. The minimum Gasteiger partial charge on any atom is -0.435 e. The molecule has 1 fully saturated rings. The Kier molecular flexibility index (Phi) is 4.16. The molecule has 0 atom stereocenters. The highest BCUT2D eigenvalue weighted by Crippen LogP contribution is 2.44. The third-order valence-corrected chi connectivity index (χ3v) is 6.85. The zero-order valence-corrected chi connectivity index (χ0v) is 18.2. The molecule has 0 saturated heterocycles. The molecule has 0 N–H and O–H groups in total. The van der Waals surface area contributed by atoms with Crippen LogP contribution in [0.1, 0.15) is 70.6 Å². The largest absolute Gasteiger partial charge is 0.435 e. The van der Waals surface area contributed by atoms with Gasteiger partial charge in [-0.2, -0.15) is 0 Å². The predicted octanol–water partition coefficient (Wildman–Crippen LogP) is 6.68. The van der Waals surface area contributed by atoms with Gasteiger partial charge in [0.05, 0.1) is 5.69 Å². The third-order valence-electron chi connectivity index (χ3n) is 6.85. The van der Waals surface area contributed by atoms with E-state index in [-0.39, 0.29) is 5.66 Å². The molecule has 0 spiro atoms. The second kappa shape index (κ2) is 6.51. The Hall–Kier alpha value is -2.49. The maximum absolute atomic E-state index is 6.42. The molecule has 152 valence electrons. The lowest BCUT2D eigenvalue weighted by atomic mass is 10.0. The summed E-state index contributed by atoms with van der Waals surface area (Å²) in [4.78, 5) is 9.76. The monoisotopic (exact) mass is 389 g/mol. The van der Waals surface area contributed by atoms with E-state index in [9.17, 15) is 0 Å². The smallest absolute Gasteiger partial charge is 0.227 e. The van der Waals surface area contributed by atoms with E-state index in [1.165, 1.54) is 31.2 Å². The second-order valence-corrected chi connectivity index (χ2v) is 9.46. The van der Waals surface area contributed by atoms with Crippen LogP contribution in [0.15, 0.2) is 41.1 Å². The normalized spacial score (nSPS) is 19.5. The van der Waals surface area contributed by atoms with Gasteiger partial charge in [0, 0.05) is 34.9 Å². The van der Waals surface area contributed by atoms with Crippen LogP contribution in [-0.2, 0) is 0 Å². The van der Waals surface area contributed by atoms with E-state index in [1.54, 1.807) is 0 Å². The lowest BCUT2D eigenvalue weighted by Gasteiger charge is -2.43. The molecule has 0 radical (unpaired) electrons. The van der Waals surface area contributed by atoms with Gasteiger partial charge in [-0.25, -0.2) is 4.98 Å². The third kappa shape index (κ3) is 2.76. The zero-order chi connectivity index (χ0) is 20.3. The van der Waals surface area contributed by atoms with Crippen molar-refractivity contribution in [2.24, 2.45) is 0 Å². The van der Waals surface area contributed by atoms with Crippen LogP contribution in [0.4, 0.5) is 5.69 Å². The predicted molar refractivity (Wildman–Crippen MR) is 120 cm³/mol. The van der Waals surface area contributed by atoms with Crippen LogP contribution in [0.25, 0.3) is 22.1 Å². The molecule has 4 nitrogen and oxygen atoms in total. The molecule has 0 bridgehead atoms. The molecular formula is C25H31N3O. The summed E-state index contributed by atoms with van der Waals surface area (Å²) in [5, 5.41) is 2.24. The highest BCUT2D eigenvalue weighted by atomic mass is 16.3. The van der Waals surface area contributed by atoms with Gasteiger partial charge < -0.3 is 14.2 Å². The summed E-state index contributed by atoms with van der Waals surface area (Å²) in [6.45, 7) is 11.2. The molecule has 2 aromatic heterocycles. The first kappa shape index (κ1) is 18.5. The van der Waals surface area contributed by atoms with Crippen molar-refractivity contribution in [3.63, 3.8) is 0 Å². The molecule has 5 rings (SSSR count). The van der Waals surface area contributed by atoms with Crippen molar-refractivity contribution in [2.45, 2.75) is 77.9 Å². The number of pyridine rings is 1. The molecule has 3 heterocycles. The van der Waals surface area contributed by atoms with Crippen LogP contribution in [0.2, 0.25) is 0 Å². The average Bonchev–Trinajstić information content (AvgIpc) is 3.38. The van der Waals surface area contributed by atoms with Gasteiger partial charge in [0.15, 0.2) is 5.58 Å². The minimum absolute atomic E-state index is 0.121. The van der Waals surface area contributed by atoms with Gasteiger partial charge in [0.25, 0.3) is 0 Å². The zero-order valence-electron chi connectivity index (χ0n) is 18.2. The molecule has 29 heavy (non-hydrogen) atoms. The average molecular weight is 390 g/mol. The Labute approximate surface area is 173 Å². The number of rotatable bonds is 3. The number of aryl methyl sites for hydroxylation is 1. The Morgan fingerprint density at radius 1 is 1.03 bits per heavy atom. The molecule has 1 aliphatic heterocycles. The first-order valence-electron chi connectivity index (χ1n) is 11.0. The SMILES string of the molecule is Cc1ccc2c(oc3nc(C(C)C)ccc32)c1N1C=CN(C2CCCC2)C1(C)C. The van der Waals surface area contributed by atoms with Gasteiger partial charge in [-0.1, -0.05) is 38.8 Å². The first-order valence-corrected chi connectivity index (χ1v) is 11.0. The molecule has 4 heteroatoms. The summed E-state index contributed by atoms with van der Waals surface area (Å²) in [5.41, 5.74) is 5.03. The Morgan fingerprint density at radius 2 is 1.76 bits per heavy atom. The van der Waals surface area contributed by atoms with Crippen molar-refractivity contribution in [3.05, 3.63) is 47.9 Å². The molecule has 0 amide bonds. The minimum atomic E-state index is -0.121. The maximum Gasteiger partial charge on any atom is 0.227 e. The molecule has 1 saturated carbocycles. The molecule has 3 aromatic rings. The van der Waals surface area contributed by atoms with Crippen LogP contribution < -0.4 is 4.90 Å². The lowest BCUT2D eigenvalue weighted by Crippen LogP contribution is -2.52. The fraction of sp³-hybridized carbons (Fsp3) is 0.480. The van der Waals surface area contributed by atoms with E-state index in [0.717, 1.165) is 33.5 Å². The van der Waals surface area contributed by atoms with Gasteiger partial charge in [-0.3, -0.25) is 0 Å². The number of benzene rings is 1. The fourth-order valence-electron chi connectivity index (χ4n) is 5.17. The summed E-state index contributed by atoms with van der Waals surface area (Å²) in [6.07, 6.45) is 9.78. The highest BCUT2D eigenvalue weighted by molar-refractivity contribution is 6.08. The number of anilines is 1. The van der Waals surface area contributed by atoms with E-state index >= 15 is 0 Å². The van der Waals surface area contributed by atoms with Crippen molar-refractivity contribution in [1.82, 2.24) is 9.88 Å². The van der Waals surface area contributed by atoms with Crippen molar-refractivity contribution < 1.29 is 4.42 Å². The van der Waals surface area contributed by atoms with E-state index in [0.29, 0.717) is 12.0 Å². The van der Waals surface area contributed by atoms with Gasteiger partial charge in [-0.05, 0) is 57.2 Å². The van der Waals surface area contributed by atoms with Crippen molar-refractivity contribution in [1.29, 1.82) is 0 Å². The second-order valence-electron chi connectivity index (χ2n) is 9.46. The van der Waals surface area contributed by atoms with Crippen molar-refractivity contribution in [3.8, 4) is 0 Å². The number of hydrogen-bond donors (Lipinski definition) is 0. The Bertz CT molecular complexity index is 1100. The number of furan rings is 1. The van der Waals surface area contributed by atoms with Crippen LogP contribution in [-0.4, -0.2) is 21.6 Å².